The molecule has 5 heteroatoms. The van der Waals surface area contributed by atoms with Crippen LogP contribution in [-0.4, -0.2) is 20.5 Å². The lowest BCUT2D eigenvalue weighted by Gasteiger charge is -2.26. The van der Waals surface area contributed by atoms with Crippen LogP contribution in [0.5, 0.6) is 0 Å². The zero-order valence-corrected chi connectivity index (χ0v) is 13.8. The van der Waals surface area contributed by atoms with Crippen molar-refractivity contribution < 1.29 is 8.42 Å². The van der Waals surface area contributed by atoms with Crippen LogP contribution in [0.4, 0.5) is 0 Å². The lowest BCUT2D eigenvalue weighted by molar-refractivity contribution is 0.373. The van der Waals surface area contributed by atoms with E-state index in [1.54, 1.807) is 18.2 Å². The van der Waals surface area contributed by atoms with Crippen LogP contribution >= 0.6 is 0 Å². The van der Waals surface area contributed by atoms with Crippen molar-refractivity contribution in [3.05, 3.63) is 54.6 Å². The van der Waals surface area contributed by atoms with Crippen LogP contribution in [0.3, 0.4) is 0 Å². The Morgan fingerprint density at radius 2 is 1.52 bits per heavy atom. The van der Waals surface area contributed by atoms with Crippen LogP contribution in [0.25, 0.3) is 11.1 Å². The monoisotopic (exact) mass is 330 g/mol. The molecule has 23 heavy (non-hydrogen) atoms. The smallest absolute Gasteiger partial charge is 0.240 e. The van der Waals surface area contributed by atoms with Gasteiger partial charge in [0.2, 0.25) is 10.0 Å². The van der Waals surface area contributed by atoms with E-state index in [0.717, 1.165) is 36.8 Å². The number of nitrogens with one attached hydrogen (secondary N) is 1. The largest absolute Gasteiger partial charge is 0.328 e. The minimum atomic E-state index is -3.50. The van der Waals surface area contributed by atoms with E-state index >= 15 is 0 Å². The molecule has 0 unspecified atom stereocenters. The Balaban J connectivity index is 1.80. The maximum atomic E-state index is 12.6. The van der Waals surface area contributed by atoms with E-state index in [-0.39, 0.29) is 12.1 Å². The van der Waals surface area contributed by atoms with Gasteiger partial charge in [-0.05, 0) is 48.9 Å². The molecule has 2 aromatic carbocycles. The normalized spacial score (nSPS) is 22.0. The third kappa shape index (κ3) is 3.99. The summed E-state index contributed by atoms with van der Waals surface area (Å²) in [6.07, 6.45) is 3.35. The molecular weight excluding hydrogens is 308 g/mol. The van der Waals surface area contributed by atoms with Crippen LogP contribution in [-0.2, 0) is 10.0 Å². The Hall–Kier alpha value is -1.69. The SMILES string of the molecule is NC1CCC(NS(=O)(=O)c2cccc(-c3ccccc3)c2)CC1. The highest BCUT2D eigenvalue weighted by molar-refractivity contribution is 7.89. The fourth-order valence-electron chi connectivity index (χ4n) is 3.00. The molecule has 1 aliphatic carbocycles. The molecule has 3 N–H and O–H groups in total. The van der Waals surface area contributed by atoms with Gasteiger partial charge in [0.05, 0.1) is 4.90 Å². The van der Waals surface area contributed by atoms with E-state index in [4.69, 9.17) is 5.73 Å². The van der Waals surface area contributed by atoms with E-state index in [1.807, 2.05) is 36.4 Å². The van der Waals surface area contributed by atoms with Gasteiger partial charge >= 0.3 is 0 Å². The summed E-state index contributed by atoms with van der Waals surface area (Å²) in [5.74, 6) is 0. The number of sulfonamides is 1. The molecule has 0 aromatic heterocycles. The predicted molar refractivity (Wildman–Crippen MR) is 92.4 cm³/mol. The first-order valence-electron chi connectivity index (χ1n) is 7.98. The molecule has 0 saturated heterocycles. The molecule has 4 nitrogen and oxygen atoms in total. The molecule has 2 aromatic rings. The molecule has 0 heterocycles. The molecule has 0 aliphatic heterocycles. The quantitative estimate of drug-likeness (QED) is 0.905. The average Bonchev–Trinajstić information content (AvgIpc) is 2.58. The second-order valence-corrected chi connectivity index (χ2v) is 7.84. The number of benzene rings is 2. The summed E-state index contributed by atoms with van der Waals surface area (Å²) in [5, 5.41) is 0. The molecule has 1 aliphatic rings. The summed E-state index contributed by atoms with van der Waals surface area (Å²) in [4.78, 5) is 0.314. The fraction of sp³-hybridized carbons (Fsp3) is 0.333. The molecule has 3 rings (SSSR count). The fourth-order valence-corrected chi connectivity index (χ4v) is 4.35. The van der Waals surface area contributed by atoms with Gasteiger partial charge in [0.15, 0.2) is 0 Å². The van der Waals surface area contributed by atoms with Gasteiger partial charge in [-0.2, -0.15) is 0 Å². The molecule has 1 fully saturated rings. The molecular formula is C18H22N2O2S. The van der Waals surface area contributed by atoms with Crippen molar-refractivity contribution in [2.45, 2.75) is 42.7 Å². The predicted octanol–water partition coefficient (Wildman–Crippen LogP) is 2.90. The van der Waals surface area contributed by atoms with Crippen molar-refractivity contribution in [3.63, 3.8) is 0 Å². The topological polar surface area (TPSA) is 72.2 Å². The molecule has 0 atom stereocenters. The van der Waals surface area contributed by atoms with Crippen LogP contribution in [0.2, 0.25) is 0 Å². The summed E-state index contributed by atoms with van der Waals surface area (Å²) in [6, 6.07) is 17.1. The Labute approximate surface area is 137 Å². The van der Waals surface area contributed by atoms with Crippen molar-refractivity contribution in [3.8, 4) is 11.1 Å². The summed E-state index contributed by atoms with van der Waals surface area (Å²) in [6.45, 7) is 0. The van der Waals surface area contributed by atoms with Gasteiger partial charge in [-0.15, -0.1) is 0 Å². The second kappa shape index (κ2) is 6.83. The lowest BCUT2D eigenvalue weighted by Crippen LogP contribution is -2.40. The maximum Gasteiger partial charge on any atom is 0.240 e. The molecule has 122 valence electrons. The van der Waals surface area contributed by atoms with Crippen molar-refractivity contribution in [1.82, 2.24) is 4.72 Å². The minimum Gasteiger partial charge on any atom is -0.328 e. The third-order valence-corrected chi connectivity index (χ3v) is 5.86. The first-order chi connectivity index (χ1) is 11.0. The summed E-state index contributed by atoms with van der Waals surface area (Å²) >= 11 is 0. The van der Waals surface area contributed by atoms with Gasteiger partial charge in [-0.25, -0.2) is 13.1 Å². The summed E-state index contributed by atoms with van der Waals surface area (Å²) in [5.41, 5.74) is 7.79. The molecule has 0 radical (unpaired) electrons. The number of hydrogen-bond acceptors (Lipinski definition) is 3. The van der Waals surface area contributed by atoms with Gasteiger partial charge in [-0.3, -0.25) is 0 Å². The Morgan fingerprint density at radius 3 is 2.22 bits per heavy atom. The maximum absolute atomic E-state index is 12.6. The van der Waals surface area contributed by atoms with E-state index in [0.29, 0.717) is 4.90 Å². The summed E-state index contributed by atoms with van der Waals surface area (Å²) in [7, 11) is -3.50. The Bertz CT molecular complexity index is 752. The number of nitrogens with two attached hydrogens (primary N) is 1. The first-order valence-corrected chi connectivity index (χ1v) is 9.46. The van der Waals surface area contributed by atoms with Gasteiger partial charge < -0.3 is 5.73 Å². The van der Waals surface area contributed by atoms with Crippen LogP contribution in [0.15, 0.2) is 59.5 Å². The molecule has 0 spiro atoms. The van der Waals surface area contributed by atoms with Crippen molar-refractivity contribution >= 4 is 10.0 Å². The highest BCUT2D eigenvalue weighted by Crippen LogP contribution is 2.24. The van der Waals surface area contributed by atoms with E-state index < -0.39 is 10.0 Å². The average molecular weight is 330 g/mol. The second-order valence-electron chi connectivity index (χ2n) is 6.13. The standard InChI is InChI=1S/C18H22N2O2S/c19-16-9-11-17(12-10-16)20-23(21,22)18-8-4-7-15(13-18)14-5-2-1-3-6-14/h1-8,13,16-17,20H,9-12,19H2. The zero-order chi connectivity index (χ0) is 16.3. The van der Waals surface area contributed by atoms with Gasteiger partial charge in [-0.1, -0.05) is 42.5 Å². The minimum absolute atomic E-state index is 0.0137. The highest BCUT2D eigenvalue weighted by Gasteiger charge is 2.24. The van der Waals surface area contributed by atoms with E-state index in [1.165, 1.54) is 0 Å². The Kier molecular flexibility index (Phi) is 4.80. The molecule has 0 amide bonds. The molecule has 0 bridgehead atoms. The lowest BCUT2D eigenvalue weighted by atomic mass is 9.93. The molecule has 1 saturated carbocycles. The van der Waals surface area contributed by atoms with Crippen molar-refractivity contribution in [2.24, 2.45) is 5.73 Å². The number of rotatable bonds is 4. The van der Waals surface area contributed by atoms with Gasteiger partial charge in [0.25, 0.3) is 0 Å². The van der Waals surface area contributed by atoms with Crippen LogP contribution < -0.4 is 10.5 Å². The third-order valence-electron chi connectivity index (χ3n) is 4.35. The van der Waals surface area contributed by atoms with Crippen LogP contribution in [0, 0.1) is 0 Å². The van der Waals surface area contributed by atoms with Crippen LogP contribution in [0.1, 0.15) is 25.7 Å². The Morgan fingerprint density at radius 1 is 0.870 bits per heavy atom. The van der Waals surface area contributed by atoms with Gasteiger partial charge in [0.1, 0.15) is 0 Å². The first kappa shape index (κ1) is 16.2. The highest BCUT2D eigenvalue weighted by atomic mass is 32.2. The summed E-state index contributed by atoms with van der Waals surface area (Å²) < 4.78 is 28.1. The van der Waals surface area contributed by atoms with Gasteiger partial charge in [0, 0.05) is 12.1 Å². The van der Waals surface area contributed by atoms with E-state index in [2.05, 4.69) is 4.72 Å². The van der Waals surface area contributed by atoms with Crippen molar-refractivity contribution in [1.29, 1.82) is 0 Å². The zero-order valence-electron chi connectivity index (χ0n) is 13.0. The van der Waals surface area contributed by atoms with Crippen molar-refractivity contribution in [2.75, 3.05) is 0 Å². The number of hydrogen-bond donors (Lipinski definition) is 2. The van der Waals surface area contributed by atoms with E-state index in [9.17, 15) is 8.42 Å².